The Kier molecular flexibility index (Phi) is 6.50. The molecule has 4 nitrogen and oxygen atoms in total. The van der Waals surface area contributed by atoms with Crippen molar-refractivity contribution in [3.63, 3.8) is 0 Å². The molecule has 1 aliphatic rings. The van der Waals surface area contributed by atoms with Gasteiger partial charge in [-0.2, -0.15) is 0 Å². The summed E-state index contributed by atoms with van der Waals surface area (Å²) in [5.74, 6) is -0.265. The smallest absolute Gasteiger partial charge is 0.224 e. The highest BCUT2D eigenvalue weighted by Gasteiger charge is 2.20. The van der Waals surface area contributed by atoms with Crippen molar-refractivity contribution in [2.45, 2.75) is 45.1 Å². The fraction of sp³-hybridized carbons (Fsp3) is 0.241. The van der Waals surface area contributed by atoms with Crippen LogP contribution < -0.4 is 5.32 Å². The van der Waals surface area contributed by atoms with Gasteiger partial charge in [-0.1, -0.05) is 60.1 Å². The van der Waals surface area contributed by atoms with Crippen LogP contribution in [0.4, 0.5) is 5.69 Å². The quantitative estimate of drug-likeness (QED) is 0.301. The van der Waals surface area contributed by atoms with Gasteiger partial charge < -0.3 is 9.88 Å². The largest absolute Gasteiger partial charge is 0.344 e. The number of rotatable bonds is 7. The van der Waals surface area contributed by atoms with Gasteiger partial charge >= 0.3 is 0 Å². The molecule has 0 radical (unpaired) electrons. The zero-order chi connectivity index (χ0) is 23.5. The zero-order valence-electron chi connectivity index (χ0n) is 19.0. The normalized spacial score (nSPS) is 13.0. The number of fused-ring (bicyclic) bond motifs is 3. The number of hydrogen-bond acceptors (Lipinski definition) is 2. The Labute approximate surface area is 204 Å². The Bertz CT molecular complexity index is 1360. The van der Waals surface area contributed by atoms with Crippen molar-refractivity contribution in [3.8, 4) is 0 Å². The summed E-state index contributed by atoms with van der Waals surface area (Å²) >= 11 is 6.16. The number of carbonyl (C=O) groups excluding carboxylic acids is 2. The maximum absolute atomic E-state index is 13.0. The number of aromatic nitrogens is 1. The van der Waals surface area contributed by atoms with Crippen molar-refractivity contribution in [2.75, 3.05) is 5.32 Å². The van der Waals surface area contributed by atoms with Crippen molar-refractivity contribution in [3.05, 3.63) is 100 Å². The molecule has 0 fully saturated rings. The van der Waals surface area contributed by atoms with E-state index in [4.69, 9.17) is 11.6 Å². The molecule has 0 spiro atoms. The second-order valence-corrected chi connectivity index (χ2v) is 9.27. The zero-order valence-corrected chi connectivity index (χ0v) is 19.8. The minimum atomic E-state index is -0.163. The van der Waals surface area contributed by atoms with Crippen LogP contribution in [0.15, 0.2) is 72.8 Å². The second kappa shape index (κ2) is 9.86. The summed E-state index contributed by atoms with van der Waals surface area (Å²) in [6, 6.07) is 22.6. The van der Waals surface area contributed by atoms with Gasteiger partial charge in [0, 0.05) is 45.7 Å². The molecule has 172 valence electrons. The first-order valence-electron chi connectivity index (χ1n) is 11.9. The molecule has 34 heavy (non-hydrogen) atoms. The highest BCUT2D eigenvalue weighted by atomic mass is 35.5. The molecule has 0 saturated carbocycles. The number of aryl methyl sites for hydroxylation is 2. The molecule has 1 N–H and O–H groups in total. The predicted octanol–water partition coefficient (Wildman–Crippen LogP) is 6.82. The molecule has 0 atom stereocenters. The van der Waals surface area contributed by atoms with Crippen LogP contribution in [0.5, 0.6) is 0 Å². The molecule has 1 aromatic heterocycles. The van der Waals surface area contributed by atoms with E-state index in [0.29, 0.717) is 28.3 Å². The molecule has 1 amide bonds. The number of hydrogen-bond donors (Lipinski definition) is 1. The number of halogens is 1. The second-order valence-electron chi connectivity index (χ2n) is 8.84. The van der Waals surface area contributed by atoms with E-state index in [-0.39, 0.29) is 11.7 Å². The Morgan fingerprint density at radius 1 is 0.912 bits per heavy atom. The molecule has 3 aromatic carbocycles. The number of nitrogens with zero attached hydrogens (tertiary/aromatic N) is 1. The molecule has 1 heterocycles. The first-order valence-corrected chi connectivity index (χ1v) is 12.3. The fourth-order valence-electron chi connectivity index (χ4n) is 5.01. The van der Waals surface area contributed by atoms with E-state index >= 15 is 0 Å². The van der Waals surface area contributed by atoms with Crippen LogP contribution in [-0.2, 0) is 24.2 Å². The van der Waals surface area contributed by atoms with E-state index < -0.39 is 0 Å². The van der Waals surface area contributed by atoms with E-state index in [1.54, 1.807) is 30.3 Å². The van der Waals surface area contributed by atoms with E-state index in [0.717, 1.165) is 25.8 Å². The van der Waals surface area contributed by atoms with Gasteiger partial charge in [-0.05, 0) is 61.9 Å². The molecular weight excluding hydrogens is 444 g/mol. The lowest BCUT2D eigenvalue weighted by molar-refractivity contribution is -0.116. The summed E-state index contributed by atoms with van der Waals surface area (Å²) in [5, 5.41) is 4.75. The predicted molar refractivity (Wildman–Crippen MR) is 138 cm³/mol. The van der Waals surface area contributed by atoms with Crippen molar-refractivity contribution < 1.29 is 9.59 Å². The Balaban J connectivity index is 1.29. The number of amides is 1. The van der Waals surface area contributed by atoms with Gasteiger partial charge in [-0.15, -0.1) is 0 Å². The van der Waals surface area contributed by atoms with Crippen LogP contribution in [0, 0.1) is 0 Å². The number of anilines is 1. The third kappa shape index (κ3) is 4.51. The summed E-state index contributed by atoms with van der Waals surface area (Å²) < 4.78 is 2.41. The molecule has 4 aromatic rings. The molecule has 0 unspecified atom stereocenters. The monoisotopic (exact) mass is 470 g/mol. The lowest BCUT2D eigenvalue weighted by atomic mass is 9.95. The van der Waals surface area contributed by atoms with Crippen LogP contribution >= 0.6 is 11.6 Å². The Morgan fingerprint density at radius 2 is 1.68 bits per heavy atom. The summed E-state index contributed by atoms with van der Waals surface area (Å²) in [4.78, 5) is 25.8. The van der Waals surface area contributed by atoms with Crippen molar-refractivity contribution >= 4 is 39.9 Å². The van der Waals surface area contributed by atoms with Crippen molar-refractivity contribution in [1.82, 2.24) is 4.57 Å². The molecule has 0 bridgehead atoms. The Hall–Kier alpha value is -3.37. The van der Waals surface area contributed by atoms with E-state index in [1.165, 1.54) is 35.0 Å². The van der Waals surface area contributed by atoms with Crippen molar-refractivity contribution in [1.29, 1.82) is 0 Å². The summed E-state index contributed by atoms with van der Waals surface area (Å²) in [5.41, 5.74) is 5.63. The average molecular weight is 471 g/mol. The van der Waals surface area contributed by atoms with E-state index in [1.807, 2.05) is 18.2 Å². The van der Waals surface area contributed by atoms with E-state index in [2.05, 4.69) is 34.1 Å². The van der Waals surface area contributed by atoms with Gasteiger partial charge in [0.25, 0.3) is 0 Å². The maximum Gasteiger partial charge on any atom is 0.224 e. The van der Waals surface area contributed by atoms with Gasteiger partial charge in [0.15, 0.2) is 5.78 Å². The van der Waals surface area contributed by atoms with Crippen molar-refractivity contribution in [2.24, 2.45) is 0 Å². The standard InChI is InChI=1S/C29H27ClN2O2/c30-21-16-17-25(24(19-21)29(34)20-9-2-1-3-10-20)31-28(33)15-8-18-32-26-13-6-4-11-22(26)23-12-5-7-14-27(23)32/h1-4,6,9-11,13,16-17,19H,5,7-8,12,14-15,18H2,(H,31,33). The van der Waals surface area contributed by atoms with Gasteiger partial charge in [0.2, 0.25) is 5.91 Å². The van der Waals surface area contributed by atoms with E-state index in [9.17, 15) is 9.59 Å². The van der Waals surface area contributed by atoms with Crippen LogP contribution in [0.1, 0.15) is 52.9 Å². The molecule has 0 saturated heterocycles. The van der Waals surface area contributed by atoms with Crippen LogP contribution in [0.2, 0.25) is 5.02 Å². The first-order chi connectivity index (χ1) is 16.6. The number of para-hydroxylation sites is 1. The highest BCUT2D eigenvalue weighted by Crippen LogP contribution is 2.32. The fourth-order valence-corrected chi connectivity index (χ4v) is 5.18. The number of carbonyl (C=O) groups is 2. The van der Waals surface area contributed by atoms with Gasteiger partial charge in [0.1, 0.15) is 0 Å². The molecule has 5 heteroatoms. The Morgan fingerprint density at radius 3 is 2.53 bits per heavy atom. The summed E-state index contributed by atoms with van der Waals surface area (Å²) in [6.07, 6.45) is 5.81. The van der Waals surface area contributed by atoms with Gasteiger partial charge in [-0.3, -0.25) is 9.59 Å². The number of ketones is 1. The third-order valence-electron chi connectivity index (χ3n) is 6.61. The molecule has 0 aliphatic heterocycles. The topological polar surface area (TPSA) is 51.1 Å². The molecule has 5 rings (SSSR count). The summed E-state index contributed by atoms with van der Waals surface area (Å²) in [6.45, 7) is 0.805. The van der Waals surface area contributed by atoms with Crippen LogP contribution in [0.3, 0.4) is 0 Å². The summed E-state index contributed by atoms with van der Waals surface area (Å²) in [7, 11) is 0. The van der Waals surface area contributed by atoms with Gasteiger partial charge in [0.05, 0.1) is 5.69 Å². The maximum atomic E-state index is 13.0. The van der Waals surface area contributed by atoms with Crippen LogP contribution in [-0.4, -0.2) is 16.3 Å². The minimum absolute atomic E-state index is 0.102. The number of nitrogens with one attached hydrogen (secondary N) is 1. The first kappa shape index (κ1) is 22.4. The molecular formula is C29H27ClN2O2. The number of benzene rings is 3. The average Bonchev–Trinajstić information content (AvgIpc) is 3.19. The lowest BCUT2D eigenvalue weighted by Crippen LogP contribution is -2.16. The third-order valence-corrected chi connectivity index (χ3v) is 6.84. The molecule has 1 aliphatic carbocycles. The lowest BCUT2D eigenvalue weighted by Gasteiger charge is -2.16. The highest BCUT2D eigenvalue weighted by molar-refractivity contribution is 6.31. The van der Waals surface area contributed by atoms with Crippen LogP contribution in [0.25, 0.3) is 10.9 Å². The van der Waals surface area contributed by atoms with Gasteiger partial charge in [-0.25, -0.2) is 0 Å². The SMILES string of the molecule is O=C(CCCn1c2c(c3ccccc31)CCCC2)Nc1ccc(Cl)cc1C(=O)c1ccccc1. The minimum Gasteiger partial charge on any atom is -0.344 e.